The number of amides is 1. The summed E-state index contributed by atoms with van der Waals surface area (Å²) in [5.41, 5.74) is 0.558. The number of nitrogens with one attached hydrogen (secondary N) is 2. The highest BCUT2D eigenvalue weighted by Crippen LogP contribution is 2.19. The van der Waals surface area contributed by atoms with Crippen LogP contribution in [0.1, 0.15) is 38.5 Å². The topological polar surface area (TPSA) is 41.1 Å². The Balaban J connectivity index is 1.77. The van der Waals surface area contributed by atoms with E-state index < -0.39 is 5.82 Å². The molecule has 0 aromatic heterocycles. The lowest BCUT2D eigenvalue weighted by atomic mass is 10.1. The van der Waals surface area contributed by atoms with Gasteiger partial charge in [-0.2, -0.15) is 0 Å². The maximum Gasteiger partial charge on any atom is 0.239 e. The van der Waals surface area contributed by atoms with E-state index in [1.807, 2.05) is 0 Å². The molecule has 1 aromatic rings. The van der Waals surface area contributed by atoms with Crippen LogP contribution in [0.25, 0.3) is 0 Å². The minimum atomic E-state index is -0.485. The van der Waals surface area contributed by atoms with Crippen molar-refractivity contribution in [1.29, 1.82) is 0 Å². The third-order valence-electron chi connectivity index (χ3n) is 3.59. The van der Waals surface area contributed by atoms with Crippen LogP contribution in [0.5, 0.6) is 0 Å². The number of hydrogen-bond acceptors (Lipinski definition) is 2. The molecule has 0 aliphatic heterocycles. The summed E-state index contributed by atoms with van der Waals surface area (Å²) in [5.74, 6) is -0.534. The van der Waals surface area contributed by atoms with Gasteiger partial charge in [0.25, 0.3) is 0 Å². The Morgan fingerprint density at radius 2 is 1.95 bits per heavy atom. The zero-order valence-electron chi connectivity index (χ0n) is 11.4. The first-order valence-electron chi connectivity index (χ1n) is 7.13. The normalized spacial score (nSPS) is 16.5. The Morgan fingerprint density at radius 3 is 2.60 bits per heavy atom. The summed E-state index contributed by atoms with van der Waals surface area (Å²) in [4.78, 5) is 11.9. The van der Waals surface area contributed by atoms with Crippen molar-refractivity contribution < 1.29 is 9.18 Å². The highest BCUT2D eigenvalue weighted by atomic mass is 35.5. The van der Waals surface area contributed by atoms with Crippen LogP contribution in [0, 0.1) is 5.82 Å². The van der Waals surface area contributed by atoms with Crippen LogP contribution < -0.4 is 10.6 Å². The van der Waals surface area contributed by atoms with Crippen molar-refractivity contribution in [1.82, 2.24) is 5.32 Å². The van der Waals surface area contributed by atoms with Crippen LogP contribution in [0.3, 0.4) is 0 Å². The zero-order valence-corrected chi connectivity index (χ0v) is 12.2. The van der Waals surface area contributed by atoms with E-state index in [1.165, 1.54) is 37.8 Å². The summed E-state index contributed by atoms with van der Waals surface area (Å²) in [5, 5.41) is 6.02. The van der Waals surface area contributed by atoms with Gasteiger partial charge in [0.1, 0.15) is 5.82 Å². The first-order valence-corrected chi connectivity index (χ1v) is 7.51. The molecule has 0 bridgehead atoms. The Kier molecular flexibility index (Phi) is 5.65. The summed E-state index contributed by atoms with van der Waals surface area (Å²) < 4.78 is 13.2. The van der Waals surface area contributed by atoms with Crippen molar-refractivity contribution in [3.63, 3.8) is 0 Å². The molecule has 5 heteroatoms. The van der Waals surface area contributed by atoms with E-state index in [2.05, 4.69) is 10.6 Å². The van der Waals surface area contributed by atoms with Crippen LogP contribution in [0.2, 0.25) is 5.02 Å². The van der Waals surface area contributed by atoms with Crippen molar-refractivity contribution >= 4 is 23.2 Å². The number of halogens is 2. The molecule has 1 fully saturated rings. The molecular weight excluding hydrogens is 279 g/mol. The smallest absolute Gasteiger partial charge is 0.239 e. The molecule has 1 amide bonds. The Labute approximate surface area is 123 Å². The molecule has 110 valence electrons. The predicted molar refractivity (Wildman–Crippen MR) is 79.5 cm³/mol. The fraction of sp³-hybridized carbons (Fsp3) is 0.533. The van der Waals surface area contributed by atoms with E-state index in [1.54, 1.807) is 6.07 Å². The first kappa shape index (κ1) is 15.1. The van der Waals surface area contributed by atoms with Gasteiger partial charge < -0.3 is 10.6 Å². The Morgan fingerprint density at radius 1 is 1.25 bits per heavy atom. The average molecular weight is 299 g/mol. The van der Waals surface area contributed by atoms with Crippen molar-refractivity contribution in [2.24, 2.45) is 0 Å². The van der Waals surface area contributed by atoms with Gasteiger partial charge in [0.2, 0.25) is 5.91 Å². The van der Waals surface area contributed by atoms with Crippen LogP contribution in [-0.2, 0) is 4.79 Å². The number of carbonyl (C=O) groups is 1. The second-order valence-electron chi connectivity index (χ2n) is 5.24. The molecule has 0 atom stereocenters. The summed E-state index contributed by atoms with van der Waals surface area (Å²) in [6, 6.07) is 4.71. The van der Waals surface area contributed by atoms with E-state index in [0.717, 1.165) is 12.8 Å². The highest BCUT2D eigenvalue weighted by Gasteiger charge is 2.14. The van der Waals surface area contributed by atoms with E-state index in [9.17, 15) is 9.18 Å². The maximum atomic E-state index is 13.2. The van der Waals surface area contributed by atoms with Gasteiger partial charge >= 0.3 is 0 Å². The van der Waals surface area contributed by atoms with E-state index in [-0.39, 0.29) is 23.5 Å². The standard InChI is InChI=1S/C15H20ClFN2O/c16-13-8-7-12(9-14(13)17)18-10-15(20)19-11-5-3-1-2-4-6-11/h7-9,11,18H,1-6,10H2,(H,19,20). The molecular formula is C15H20ClFN2O. The second kappa shape index (κ2) is 7.48. The third-order valence-corrected chi connectivity index (χ3v) is 3.90. The molecule has 2 N–H and O–H groups in total. The van der Waals surface area contributed by atoms with Crippen LogP contribution in [-0.4, -0.2) is 18.5 Å². The Bertz CT molecular complexity index is 459. The molecule has 2 rings (SSSR count). The molecule has 0 unspecified atom stereocenters. The van der Waals surface area contributed by atoms with Gasteiger partial charge in [-0.3, -0.25) is 4.79 Å². The summed E-state index contributed by atoms with van der Waals surface area (Å²) in [7, 11) is 0. The quantitative estimate of drug-likeness (QED) is 0.832. The van der Waals surface area contributed by atoms with E-state index >= 15 is 0 Å². The van der Waals surface area contributed by atoms with Gasteiger partial charge in [-0.1, -0.05) is 37.3 Å². The third kappa shape index (κ3) is 4.67. The number of carbonyl (C=O) groups excluding carboxylic acids is 1. The zero-order chi connectivity index (χ0) is 14.4. The molecule has 1 aliphatic carbocycles. The summed E-state index contributed by atoms with van der Waals surface area (Å²) >= 11 is 5.61. The van der Waals surface area contributed by atoms with Gasteiger partial charge in [-0.25, -0.2) is 4.39 Å². The van der Waals surface area contributed by atoms with Gasteiger partial charge in [0.15, 0.2) is 0 Å². The largest absolute Gasteiger partial charge is 0.376 e. The van der Waals surface area contributed by atoms with Crippen molar-refractivity contribution in [2.75, 3.05) is 11.9 Å². The lowest BCUT2D eigenvalue weighted by Gasteiger charge is -2.16. The van der Waals surface area contributed by atoms with Gasteiger partial charge in [0, 0.05) is 11.7 Å². The molecule has 20 heavy (non-hydrogen) atoms. The lowest BCUT2D eigenvalue weighted by molar-refractivity contribution is -0.120. The molecule has 1 aromatic carbocycles. The number of benzene rings is 1. The van der Waals surface area contributed by atoms with E-state index in [0.29, 0.717) is 5.69 Å². The summed E-state index contributed by atoms with van der Waals surface area (Å²) in [6.45, 7) is 0.150. The number of hydrogen-bond donors (Lipinski definition) is 2. The highest BCUT2D eigenvalue weighted by molar-refractivity contribution is 6.30. The van der Waals surface area contributed by atoms with Crippen LogP contribution in [0.4, 0.5) is 10.1 Å². The minimum Gasteiger partial charge on any atom is -0.376 e. The maximum absolute atomic E-state index is 13.2. The molecule has 1 aliphatic rings. The van der Waals surface area contributed by atoms with E-state index in [4.69, 9.17) is 11.6 Å². The van der Waals surface area contributed by atoms with Crippen molar-refractivity contribution in [3.05, 3.63) is 29.0 Å². The predicted octanol–water partition coefficient (Wildman–Crippen LogP) is 3.73. The van der Waals surface area contributed by atoms with Crippen LogP contribution >= 0.6 is 11.6 Å². The molecule has 0 radical (unpaired) electrons. The number of anilines is 1. The molecule has 0 saturated heterocycles. The fourth-order valence-corrected chi connectivity index (χ4v) is 2.61. The second-order valence-corrected chi connectivity index (χ2v) is 5.65. The fourth-order valence-electron chi connectivity index (χ4n) is 2.49. The SMILES string of the molecule is O=C(CNc1ccc(Cl)c(F)c1)NC1CCCCCC1. The lowest BCUT2D eigenvalue weighted by Crippen LogP contribution is -2.38. The Hall–Kier alpha value is -1.29. The molecule has 1 saturated carbocycles. The first-order chi connectivity index (χ1) is 9.65. The molecule has 3 nitrogen and oxygen atoms in total. The van der Waals surface area contributed by atoms with Gasteiger partial charge in [0.05, 0.1) is 11.6 Å². The van der Waals surface area contributed by atoms with Crippen LogP contribution in [0.15, 0.2) is 18.2 Å². The molecule has 0 heterocycles. The minimum absolute atomic E-state index is 0.0488. The molecule has 0 spiro atoms. The van der Waals surface area contributed by atoms with Crippen molar-refractivity contribution in [3.8, 4) is 0 Å². The van der Waals surface area contributed by atoms with Gasteiger partial charge in [-0.15, -0.1) is 0 Å². The average Bonchev–Trinajstić information content (AvgIpc) is 2.69. The number of rotatable bonds is 4. The summed E-state index contributed by atoms with van der Waals surface area (Å²) in [6.07, 6.45) is 6.99. The van der Waals surface area contributed by atoms with Gasteiger partial charge in [-0.05, 0) is 31.0 Å². The monoisotopic (exact) mass is 298 g/mol. The van der Waals surface area contributed by atoms with Crippen molar-refractivity contribution in [2.45, 2.75) is 44.6 Å².